The molecule has 3 nitrogen and oxygen atoms in total. The van der Waals surface area contributed by atoms with E-state index in [1.54, 1.807) is 0 Å². The van der Waals surface area contributed by atoms with Gasteiger partial charge in [-0.15, -0.1) is 0 Å². The highest BCUT2D eigenvalue weighted by Crippen LogP contribution is 2.13. The van der Waals surface area contributed by atoms with Gasteiger partial charge in [-0.2, -0.15) is 0 Å². The second-order valence-electron chi connectivity index (χ2n) is 6.73. The van der Waals surface area contributed by atoms with Gasteiger partial charge in [-0.25, -0.2) is 0 Å². The Morgan fingerprint density at radius 3 is 2.08 bits per heavy atom. The fourth-order valence-corrected chi connectivity index (χ4v) is 3.27. The van der Waals surface area contributed by atoms with E-state index < -0.39 is 0 Å². The van der Waals surface area contributed by atoms with Crippen LogP contribution in [0.5, 0.6) is 0 Å². The third-order valence-electron chi connectivity index (χ3n) is 4.61. The molecule has 0 N–H and O–H groups in total. The minimum absolute atomic E-state index is 0.359. The molecule has 1 aliphatic heterocycles. The van der Waals surface area contributed by atoms with Gasteiger partial charge in [0.05, 0.1) is 12.7 Å². The Kier molecular flexibility index (Phi) is 6.41. The molecule has 0 aliphatic carbocycles. The Morgan fingerprint density at radius 2 is 1.54 bits per heavy atom. The van der Waals surface area contributed by atoms with Gasteiger partial charge in [0.15, 0.2) is 0 Å². The van der Waals surface area contributed by atoms with Crippen molar-refractivity contribution >= 4 is 0 Å². The molecule has 0 amide bonds. The van der Waals surface area contributed by atoms with Crippen molar-refractivity contribution in [2.45, 2.75) is 25.6 Å². The topological polar surface area (TPSA) is 15.7 Å². The van der Waals surface area contributed by atoms with Gasteiger partial charge in [0.25, 0.3) is 0 Å². The van der Waals surface area contributed by atoms with E-state index in [9.17, 15) is 0 Å². The van der Waals surface area contributed by atoms with E-state index in [1.165, 1.54) is 11.1 Å². The van der Waals surface area contributed by atoms with Gasteiger partial charge in [-0.05, 0) is 24.6 Å². The molecular formula is C21H28N2O. The highest BCUT2D eigenvalue weighted by atomic mass is 16.5. The minimum atomic E-state index is 0.359. The van der Waals surface area contributed by atoms with Crippen molar-refractivity contribution in [1.82, 2.24) is 9.80 Å². The van der Waals surface area contributed by atoms with Crippen LogP contribution in [0.1, 0.15) is 17.5 Å². The van der Waals surface area contributed by atoms with E-state index >= 15 is 0 Å². The van der Waals surface area contributed by atoms with Crippen LogP contribution in [0.3, 0.4) is 0 Å². The molecular weight excluding hydrogens is 296 g/mol. The zero-order valence-corrected chi connectivity index (χ0v) is 14.6. The lowest BCUT2D eigenvalue weighted by Gasteiger charge is -2.32. The maximum Gasteiger partial charge on any atom is 0.0714 e. The molecule has 3 heteroatoms. The molecule has 128 valence electrons. The summed E-state index contributed by atoms with van der Waals surface area (Å²) in [5.74, 6) is 0. The summed E-state index contributed by atoms with van der Waals surface area (Å²) < 4.78 is 5.93. The first-order valence-corrected chi connectivity index (χ1v) is 8.90. The van der Waals surface area contributed by atoms with Crippen molar-refractivity contribution in [1.29, 1.82) is 0 Å². The molecule has 24 heavy (non-hydrogen) atoms. The molecule has 1 heterocycles. The third kappa shape index (κ3) is 5.45. The van der Waals surface area contributed by atoms with Gasteiger partial charge in [-0.1, -0.05) is 60.7 Å². The van der Waals surface area contributed by atoms with E-state index in [1.807, 2.05) is 0 Å². The maximum absolute atomic E-state index is 5.93. The van der Waals surface area contributed by atoms with Crippen LogP contribution in [-0.4, -0.2) is 49.2 Å². The summed E-state index contributed by atoms with van der Waals surface area (Å²) in [5.41, 5.74) is 2.74. The number of rotatable bonds is 7. The fourth-order valence-electron chi connectivity index (χ4n) is 3.27. The highest BCUT2D eigenvalue weighted by molar-refractivity contribution is 5.17. The Balaban J connectivity index is 1.60. The first-order valence-electron chi connectivity index (χ1n) is 8.90. The largest absolute Gasteiger partial charge is 0.376 e. The van der Waals surface area contributed by atoms with E-state index in [0.29, 0.717) is 6.10 Å². The summed E-state index contributed by atoms with van der Waals surface area (Å²) in [6, 6.07) is 21.5. The van der Waals surface area contributed by atoms with Crippen LogP contribution in [0.15, 0.2) is 60.7 Å². The van der Waals surface area contributed by atoms with Gasteiger partial charge >= 0.3 is 0 Å². The normalized spacial score (nSPS) is 18.8. The number of hydrogen-bond acceptors (Lipinski definition) is 3. The van der Waals surface area contributed by atoms with Crippen LogP contribution in [0, 0.1) is 0 Å². The highest BCUT2D eigenvalue weighted by Gasteiger charge is 2.18. The van der Waals surface area contributed by atoms with E-state index in [-0.39, 0.29) is 0 Å². The van der Waals surface area contributed by atoms with Gasteiger partial charge in [0.2, 0.25) is 0 Å². The number of benzene rings is 2. The molecule has 0 saturated carbocycles. The number of likely N-dealkylation sites (N-methyl/N-ethyl adjacent to an activating group) is 1. The smallest absolute Gasteiger partial charge is 0.0714 e. The summed E-state index contributed by atoms with van der Waals surface area (Å²) in [4.78, 5) is 4.90. The Labute approximate surface area is 145 Å². The molecule has 3 rings (SSSR count). The van der Waals surface area contributed by atoms with Gasteiger partial charge in [-0.3, -0.25) is 4.90 Å². The SMILES string of the molecule is CN1CCOC(CCN(Cc2ccccc2)Cc2ccccc2)C1. The zero-order valence-electron chi connectivity index (χ0n) is 14.6. The molecule has 1 aliphatic rings. The molecule has 0 bridgehead atoms. The molecule has 1 fully saturated rings. The summed E-state index contributed by atoms with van der Waals surface area (Å²) in [5, 5.41) is 0. The summed E-state index contributed by atoms with van der Waals surface area (Å²) in [6.07, 6.45) is 1.45. The van der Waals surface area contributed by atoms with Gasteiger partial charge in [0, 0.05) is 32.7 Å². The van der Waals surface area contributed by atoms with Crippen molar-refractivity contribution < 1.29 is 4.74 Å². The molecule has 1 unspecified atom stereocenters. The quantitative estimate of drug-likeness (QED) is 0.776. The third-order valence-corrected chi connectivity index (χ3v) is 4.61. The van der Waals surface area contributed by atoms with Crippen LogP contribution in [0.25, 0.3) is 0 Å². The monoisotopic (exact) mass is 324 g/mol. The van der Waals surface area contributed by atoms with Crippen molar-refractivity contribution in [2.24, 2.45) is 0 Å². The lowest BCUT2D eigenvalue weighted by molar-refractivity contribution is -0.0278. The second-order valence-corrected chi connectivity index (χ2v) is 6.73. The Bertz CT molecular complexity index is 546. The number of nitrogens with zero attached hydrogens (tertiary/aromatic N) is 2. The summed E-state index contributed by atoms with van der Waals surface area (Å²) in [7, 11) is 2.18. The minimum Gasteiger partial charge on any atom is -0.376 e. The predicted octanol–water partition coefficient (Wildman–Crippen LogP) is 3.41. The Morgan fingerprint density at radius 1 is 0.958 bits per heavy atom. The van der Waals surface area contributed by atoms with Crippen LogP contribution in [0.2, 0.25) is 0 Å². The average Bonchev–Trinajstić information content (AvgIpc) is 2.62. The van der Waals surface area contributed by atoms with Gasteiger partial charge < -0.3 is 9.64 Å². The van der Waals surface area contributed by atoms with Gasteiger partial charge in [0.1, 0.15) is 0 Å². The van der Waals surface area contributed by atoms with Crippen molar-refractivity contribution in [3.8, 4) is 0 Å². The fraction of sp³-hybridized carbons (Fsp3) is 0.429. The van der Waals surface area contributed by atoms with Crippen LogP contribution >= 0.6 is 0 Å². The molecule has 2 aromatic carbocycles. The maximum atomic E-state index is 5.93. The van der Waals surface area contributed by atoms with Crippen LogP contribution < -0.4 is 0 Å². The van der Waals surface area contributed by atoms with Crippen molar-refractivity contribution in [3.05, 3.63) is 71.8 Å². The second kappa shape index (κ2) is 8.97. The summed E-state index contributed by atoms with van der Waals surface area (Å²) >= 11 is 0. The number of ether oxygens (including phenoxy) is 1. The van der Waals surface area contributed by atoms with Crippen molar-refractivity contribution in [3.63, 3.8) is 0 Å². The Hall–Kier alpha value is -1.68. The molecule has 0 spiro atoms. The molecule has 1 atom stereocenters. The molecule has 0 aromatic heterocycles. The van der Waals surface area contributed by atoms with E-state index in [4.69, 9.17) is 4.74 Å². The summed E-state index contributed by atoms with van der Waals surface area (Å²) in [6.45, 7) is 5.98. The first-order chi connectivity index (χ1) is 11.8. The predicted molar refractivity (Wildman–Crippen MR) is 98.9 cm³/mol. The molecule has 1 saturated heterocycles. The first kappa shape index (κ1) is 17.2. The van der Waals surface area contributed by atoms with E-state index in [2.05, 4.69) is 77.5 Å². The number of hydrogen-bond donors (Lipinski definition) is 0. The molecule has 2 aromatic rings. The van der Waals surface area contributed by atoms with E-state index in [0.717, 1.165) is 45.8 Å². The zero-order chi connectivity index (χ0) is 16.6. The average molecular weight is 324 g/mol. The molecule has 0 radical (unpaired) electrons. The van der Waals surface area contributed by atoms with Crippen LogP contribution in [0.4, 0.5) is 0 Å². The van der Waals surface area contributed by atoms with Crippen molar-refractivity contribution in [2.75, 3.05) is 33.3 Å². The lowest BCUT2D eigenvalue weighted by atomic mass is 10.1. The standard InChI is InChI=1S/C21H28N2O/c1-22-14-15-24-21(18-22)12-13-23(16-19-8-4-2-5-9-19)17-20-10-6-3-7-11-20/h2-11,21H,12-18H2,1H3. The number of morpholine rings is 1. The lowest BCUT2D eigenvalue weighted by Crippen LogP contribution is -2.41. The van der Waals surface area contributed by atoms with Crippen LogP contribution in [-0.2, 0) is 17.8 Å².